The van der Waals surface area contributed by atoms with Crippen molar-refractivity contribution in [3.63, 3.8) is 0 Å². The fourth-order valence-electron chi connectivity index (χ4n) is 4.09. The van der Waals surface area contributed by atoms with Crippen LogP contribution in [0, 0.1) is 0 Å². The van der Waals surface area contributed by atoms with E-state index in [0.29, 0.717) is 67.0 Å². The molecule has 0 spiro atoms. The number of ether oxygens (including phenoxy) is 2. The number of anilines is 2. The summed E-state index contributed by atoms with van der Waals surface area (Å²) in [5.74, 6) is 2.47. The van der Waals surface area contributed by atoms with E-state index in [1.54, 1.807) is 23.6 Å². The normalized spacial score (nSPS) is 13.8. The van der Waals surface area contributed by atoms with Crippen molar-refractivity contribution in [2.45, 2.75) is 6.92 Å². The number of nitrogen functional groups attached to an aromatic ring is 1. The summed E-state index contributed by atoms with van der Waals surface area (Å²) in [7, 11) is 1.79. The van der Waals surface area contributed by atoms with Gasteiger partial charge in [-0.05, 0) is 31.2 Å². The Morgan fingerprint density at radius 3 is 2.49 bits per heavy atom. The van der Waals surface area contributed by atoms with Crippen LogP contribution in [0.15, 0.2) is 54.6 Å². The molecule has 180 valence electrons. The van der Waals surface area contributed by atoms with Crippen molar-refractivity contribution in [2.24, 2.45) is 7.05 Å². The minimum atomic E-state index is -0.294. The first-order valence-corrected chi connectivity index (χ1v) is 11.5. The second-order valence-electron chi connectivity index (χ2n) is 8.20. The summed E-state index contributed by atoms with van der Waals surface area (Å²) in [6, 6.07) is 17.3. The van der Waals surface area contributed by atoms with Gasteiger partial charge in [-0.3, -0.25) is 4.68 Å². The number of benzene rings is 2. The van der Waals surface area contributed by atoms with Gasteiger partial charge in [0.1, 0.15) is 17.3 Å². The van der Waals surface area contributed by atoms with Crippen LogP contribution in [0.25, 0.3) is 22.3 Å². The fraction of sp³-hybridized carbons (Fsp3) is 0.280. The maximum absolute atomic E-state index is 12.1. The smallest absolute Gasteiger partial charge is 0.409 e. The molecule has 1 saturated heterocycles. The molecule has 2 aromatic heterocycles. The molecule has 4 aromatic rings. The molecule has 0 radical (unpaired) electrons. The van der Waals surface area contributed by atoms with Crippen LogP contribution in [0.1, 0.15) is 6.92 Å². The van der Waals surface area contributed by atoms with Crippen LogP contribution >= 0.6 is 0 Å². The molecule has 0 unspecified atom stereocenters. The highest BCUT2D eigenvalue weighted by atomic mass is 16.6. The molecule has 1 amide bonds. The van der Waals surface area contributed by atoms with Crippen molar-refractivity contribution in [2.75, 3.05) is 43.4 Å². The highest BCUT2D eigenvalue weighted by Gasteiger charge is 2.25. The number of aromatic nitrogens is 4. The third-order valence-corrected chi connectivity index (χ3v) is 5.90. The van der Waals surface area contributed by atoms with Gasteiger partial charge in [-0.25, -0.2) is 9.78 Å². The molecule has 5 rings (SSSR count). The number of para-hydroxylation sites is 1. The molecule has 0 aliphatic carbocycles. The maximum Gasteiger partial charge on any atom is 0.409 e. The Kier molecular flexibility index (Phi) is 6.09. The SMILES string of the molecule is CCOC(=O)N1CCN(c2nc(-c3cccc(Oc4ccccc4)c3)c3c(N)n(C)nc3n2)CC1. The number of nitrogens with two attached hydrogens (primary N) is 1. The van der Waals surface area contributed by atoms with E-state index >= 15 is 0 Å². The average Bonchev–Trinajstić information content (AvgIpc) is 3.17. The molecule has 1 aliphatic rings. The van der Waals surface area contributed by atoms with Crippen molar-refractivity contribution >= 4 is 28.9 Å². The summed E-state index contributed by atoms with van der Waals surface area (Å²) in [6.45, 7) is 4.39. The first-order chi connectivity index (χ1) is 17.0. The van der Waals surface area contributed by atoms with Gasteiger partial charge in [0.25, 0.3) is 0 Å². The summed E-state index contributed by atoms with van der Waals surface area (Å²) < 4.78 is 12.8. The number of aryl methyl sites for hydroxylation is 1. The molecule has 1 fully saturated rings. The van der Waals surface area contributed by atoms with Crippen LogP contribution in [0.3, 0.4) is 0 Å². The quantitative estimate of drug-likeness (QED) is 0.467. The number of carbonyl (C=O) groups excluding carboxylic acids is 1. The number of hydrogen-bond donors (Lipinski definition) is 1. The van der Waals surface area contributed by atoms with E-state index in [4.69, 9.17) is 25.2 Å². The lowest BCUT2D eigenvalue weighted by atomic mass is 10.1. The van der Waals surface area contributed by atoms with E-state index in [1.165, 1.54) is 0 Å². The van der Waals surface area contributed by atoms with E-state index in [0.717, 1.165) is 11.3 Å². The number of amides is 1. The van der Waals surface area contributed by atoms with Crippen molar-refractivity contribution < 1.29 is 14.3 Å². The average molecular weight is 474 g/mol. The molecular weight excluding hydrogens is 446 g/mol. The van der Waals surface area contributed by atoms with E-state index in [1.807, 2.05) is 59.5 Å². The summed E-state index contributed by atoms with van der Waals surface area (Å²) in [6.07, 6.45) is -0.294. The van der Waals surface area contributed by atoms with Crippen molar-refractivity contribution in [1.29, 1.82) is 0 Å². The summed E-state index contributed by atoms with van der Waals surface area (Å²) >= 11 is 0. The van der Waals surface area contributed by atoms with Crippen molar-refractivity contribution in [3.8, 4) is 22.8 Å². The van der Waals surface area contributed by atoms with Crippen LogP contribution < -0.4 is 15.4 Å². The minimum absolute atomic E-state index is 0.294. The fourth-order valence-corrected chi connectivity index (χ4v) is 4.09. The van der Waals surface area contributed by atoms with Crippen LogP contribution in [-0.2, 0) is 11.8 Å². The van der Waals surface area contributed by atoms with E-state index in [-0.39, 0.29) is 6.09 Å². The van der Waals surface area contributed by atoms with Gasteiger partial charge in [0.2, 0.25) is 5.95 Å². The molecule has 10 heteroatoms. The summed E-state index contributed by atoms with van der Waals surface area (Å²) in [5.41, 5.74) is 8.41. The maximum atomic E-state index is 12.1. The number of hydrogen-bond acceptors (Lipinski definition) is 8. The molecule has 2 N–H and O–H groups in total. The first kappa shape index (κ1) is 22.5. The predicted octanol–water partition coefficient (Wildman–Crippen LogP) is 3.68. The van der Waals surface area contributed by atoms with Crippen molar-refractivity contribution in [1.82, 2.24) is 24.6 Å². The zero-order chi connectivity index (χ0) is 24.4. The van der Waals surface area contributed by atoms with Gasteiger partial charge in [-0.1, -0.05) is 30.3 Å². The number of carbonyl (C=O) groups is 1. The zero-order valence-electron chi connectivity index (χ0n) is 19.7. The van der Waals surface area contributed by atoms with E-state index in [2.05, 4.69) is 5.10 Å². The van der Waals surface area contributed by atoms with Gasteiger partial charge >= 0.3 is 6.09 Å². The first-order valence-electron chi connectivity index (χ1n) is 11.5. The second-order valence-corrected chi connectivity index (χ2v) is 8.20. The molecule has 35 heavy (non-hydrogen) atoms. The third kappa shape index (κ3) is 4.54. The molecule has 10 nitrogen and oxygen atoms in total. The van der Waals surface area contributed by atoms with E-state index < -0.39 is 0 Å². The van der Waals surface area contributed by atoms with Gasteiger partial charge in [-0.2, -0.15) is 10.1 Å². The van der Waals surface area contributed by atoms with Crippen LogP contribution in [0.5, 0.6) is 11.5 Å². The van der Waals surface area contributed by atoms with Crippen molar-refractivity contribution in [3.05, 3.63) is 54.6 Å². The topological polar surface area (TPSA) is 112 Å². The molecule has 3 heterocycles. The second kappa shape index (κ2) is 9.49. The van der Waals surface area contributed by atoms with Gasteiger partial charge < -0.3 is 25.0 Å². The largest absolute Gasteiger partial charge is 0.457 e. The Bertz CT molecular complexity index is 1350. The van der Waals surface area contributed by atoms with Crippen LogP contribution in [0.4, 0.5) is 16.6 Å². The molecule has 0 atom stereocenters. The van der Waals surface area contributed by atoms with Gasteiger partial charge in [0.15, 0.2) is 5.65 Å². The third-order valence-electron chi connectivity index (χ3n) is 5.90. The number of nitrogens with zero attached hydrogens (tertiary/aromatic N) is 6. The molecule has 2 aromatic carbocycles. The predicted molar refractivity (Wildman–Crippen MR) is 133 cm³/mol. The van der Waals surface area contributed by atoms with Gasteiger partial charge in [-0.15, -0.1) is 0 Å². The van der Waals surface area contributed by atoms with Gasteiger partial charge in [0.05, 0.1) is 17.7 Å². The summed E-state index contributed by atoms with van der Waals surface area (Å²) in [5, 5.41) is 5.20. The van der Waals surface area contributed by atoms with Crippen LogP contribution in [0.2, 0.25) is 0 Å². The van der Waals surface area contributed by atoms with Crippen LogP contribution in [-0.4, -0.2) is 63.5 Å². The minimum Gasteiger partial charge on any atom is -0.457 e. The van der Waals surface area contributed by atoms with Gasteiger partial charge in [0, 0.05) is 38.8 Å². The molecular formula is C25H27N7O3. The number of fused-ring (bicyclic) bond motifs is 1. The summed E-state index contributed by atoms with van der Waals surface area (Å²) in [4.78, 5) is 25.4. The Labute approximate surface area is 202 Å². The lowest BCUT2D eigenvalue weighted by Crippen LogP contribution is -2.49. The monoisotopic (exact) mass is 473 g/mol. The lowest BCUT2D eigenvalue weighted by molar-refractivity contribution is 0.105. The number of rotatable bonds is 5. The zero-order valence-corrected chi connectivity index (χ0v) is 19.7. The Hall–Kier alpha value is -4.34. The highest BCUT2D eigenvalue weighted by molar-refractivity contribution is 5.99. The lowest BCUT2D eigenvalue weighted by Gasteiger charge is -2.34. The Morgan fingerprint density at radius 2 is 1.74 bits per heavy atom. The molecule has 1 aliphatic heterocycles. The number of piperazine rings is 1. The highest BCUT2D eigenvalue weighted by Crippen LogP contribution is 2.34. The van der Waals surface area contributed by atoms with E-state index in [9.17, 15) is 4.79 Å². The Morgan fingerprint density at radius 1 is 1.00 bits per heavy atom. The standard InChI is InChI=1S/C25H27N7O3/c1-3-34-25(33)32-14-12-31(13-15-32)24-27-21(20-22(26)30(2)29-23(20)28-24)17-8-7-11-19(16-17)35-18-9-5-4-6-10-18/h4-11,16H,3,12-15,26H2,1-2H3. The molecule has 0 saturated carbocycles. The Balaban J connectivity index is 1.49. The molecule has 0 bridgehead atoms.